The fraction of sp³-hybridized carbons (Fsp3) is 0.200. The molecule has 0 radical (unpaired) electrons. The summed E-state index contributed by atoms with van der Waals surface area (Å²) in [7, 11) is 1.53. The van der Waals surface area contributed by atoms with Gasteiger partial charge in [0.05, 0.1) is 23.2 Å². The number of nitrogens with one attached hydrogen (secondary N) is 1. The molecule has 0 heterocycles. The fourth-order valence-corrected chi connectivity index (χ4v) is 2.46. The normalized spacial score (nSPS) is 12.2. The minimum Gasteiger partial charge on any atom is -0.496 e. The van der Waals surface area contributed by atoms with Crippen molar-refractivity contribution in [2.75, 3.05) is 7.11 Å². The molecule has 0 saturated carbocycles. The second-order valence-electron chi connectivity index (χ2n) is 4.56. The lowest BCUT2D eigenvalue weighted by Crippen LogP contribution is -2.30. The fourth-order valence-electron chi connectivity index (χ4n) is 2.14. The molecule has 0 aliphatic rings. The summed E-state index contributed by atoms with van der Waals surface area (Å²) in [5.74, 6) is 5.83. The Bertz CT molecular complexity index is 637. The van der Waals surface area contributed by atoms with Crippen LogP contribution in [-0.4, -0.2) is 7.11 Å². The van der Waals surface area contributed by atoms with Crippen molar-refractivity contribution in [3.8, 4) is 5.75 Å². The third-order valence-corrected chi connectivity index (χ3v) is 3.93. The average molecular weight is 329 g/mol. The van der Waals surface area contributed by atoms with E-state index in [4.69, 9.17) is 33.8 Å². The van der Waals surface area contributed by atoms with Crippen molar-refractivity contribution in [3.05, 3.63) is 63.4 Å². The van der Waals surface area contributed by atoms with E-state index in [0.717, 1.165) is 5.56 Å². The van der Waals surface area contributed by atoms with Gasteiger partial charge in [-0.2, -0.15) is 0 Å². The zero-order valence-corrected chi connectivity index (χ0v) is 12.9. The average Bonchev–Trinajstić information content (AvgIpc) is 2.48. The Balaban J connectivity index is 2.31. The summed E-state index contributed by atoms with van der Waals surface area (Å²) >= 11 is 11.9. The third-order valence-electron chi connectivity index (χ3n) is 3.19. The Morgan fingerprint density at radius 1 is 1.19 bits per heavy atom. The number of hydrogen-bond donors (Lipinski definition) is 2. The van der Waals surface area contributed by atoms with Crippen LogP contribution in [0.2, 0.25) is 10.0 Å². The van der Waals surface area contributed by atoms with E-state index in [1.54, 1.807) is 18.2 Å². The minimum atomic E-state index is -0.347. The lowest BCUT2D eigenvalue weighted by Gasteiger charge is -2.19. The molecule has 0 aromatic heterocycles. The summed E-state index contributed by atoms with van der Waals surface area (Å²) in [4.78, 5) is 0. The first kappa shape index (κ1) is 16.0. The number of hydrogen-bond acceptors (Lipinski definition) is 3. The Hall–Kier alpha value is -1.33. The number of methoxy groups -OCH3 is 1. The van der Waals surface area contributed by atoms with Gasteiger partial charge in [0.1, 0.15) is 11.6 Å². The summed E-state index contributed by atoms with van der Waals surface area (Å²) in [5.41, 5.74) is 4.25. The summed E-state index contributed by atoms with van der Waals surface area (Å²) in [5, 5.41) is 0.956. The van der Waals surface area contributed by atoms with E-state index in [1.807, 2.05) is 6.07 Å². The predicted molar refractivity (Wildman–Crippen MR) is 83.2 cm³/mol. The van der Waals surface area contributed by atoms with E-state index < -0.39 is 0 Å². The van der Waals surface area contributed by atoms with Crippen LogP contribution in [0.15, 0.2) is 36.4 Å². The van der Waals surface area contributed by atoms with E-state index in [2.05, 4.69) is 5.43 Å². The maximum atomic E-state index is 13.5. The molecule has 0 spiro atoms. The van der Waals surface area contributed by atoms with Crippen molar-refractivity contribution < 1.29 is 9.13 Å². The van der Waals surface area contributed by atoms with Gasteiger partial charge in [-0.05, 0) is 42.3 Å². The number of rotatable bonds is 5. The van der Waals surface area contributed by atoms with Crippen LogP contribution < -0.4 is 16.0 Å². The minimum absolute atomic E-state index is 0.312. The Morgan fingerprint density at radius 2 is 1.95 bits per heavy atom. The number of halogens is 3. The maximum Gasteiger partial charge on any atom is 0.123 e. The van der Waals surface area contributed by atoms with Crippen molar-refractivity contribution in [2.45, 2.75) is 12.5 Å². The van der Waals surface area contributed by atoms with E-state index in [1.165, 1.54) is 19.2 Å². The quantitative estimate of drug-likeness (QED) is 0.646. The van der Waals surface area contributed by atoms with Gasteiger partial charge in [-0.25, -0.2) is 4.39 Å². The van der Waals surface area contributed by atoms with Crippen molar-refractivity contribution in [2.24, 2.45) is 5.84 Å². The molecule has 21 heavy (non-hydrogen) atoms. The number of nitrogens with two attached hydrogens (primary N) is 1. The molecule has 1 atom stereocenters. The molecule has 3 nitrogen and oxygen atoms in total. The van der Waals surface area contributed by atoms with Crippen molar-refractivity contribution in [1.29, 1.82) is 0 Å². The van der Waals surface area contributed by atoms with Gasteiger partial charge >= 0.3 is 0 Å². The number of ether oxygens (including phenoxy) is 1. The van der Waals surface area contributed by atoms with Gasteiger partial charge in [-0.1, -0.05) is 29.3 Å². The molecule has 2 aromatic carbocycles. The van der Waals surface area contributed by atoms with E-state index in [9.17, 15) is 4.39 Å². The van der Waals surface area contributed by atoms with Crippen LogP contribution in [0.4, 0.5) is 4.39 Å². The highest BCUT2D eigenvalue weighted by molar-refractivity contribution is 6.42. The van der Waals surface area contributed by atoms with Gasteiger partial charge in [0.25, 0.3) is 0 Å². The zero-order valence-electron chi connectivity index (χ0n) is 11.4. The lowest BCUT2D eigenvalue weighted by molar-refractivity contribution is 0.397. The summed E-state index contributed by atoms with van der Waals surface area (Å²) in [6, 6.07) is 9.34. The van der Waals surface area contributed by atoms with E-state index >= 15 is 0 Å². The summed E-state index contributed by atoms with van der Waals surface area (Å²) < 4.78 is 18.7. The van der Waals surface area contributed by atoms with Crippen molar-refractivity contribution >= 4 is 23.2 Å². The van der Waals surface area contributed by atoms with Crippen LogP contribution in [0, 0.1) is 5.82 Å². The van der Waals surface area contributed by atoms with Gasteiger partial charge in [-0.3, -0.25) is 11.3 Å². The molecule has 0 saturated heterocycles. The molecule has 6 heteroatoms. The molecule has 112 valence electrons. The smallest absolute Gasteiger partial charge is 0.123 e. The molecule has 0 bridgehead atoms. The Labute approximate surface area is 132 Å². The van der Waals surface area contributed by atoms with Crippen LogP contribution in [0.1, 0.15) is 17.2 Å². The third kappa shape index (κ3) is 3.86. The van der Waals surface area contributed by atoms with Crippen molar-refractivity contribution in [1.82, 2.24) is 5.43 Å². The van der Waals surface area contributed by atoms with Gasteiger partial charge in [0.15, 0.2) is 0 Å². The first-order valence-corrected chi connectivity index (χ1v) is 7.04. The lowest BCUT2D eigenvalue weighted by atomic mass is 9.98. The number of benzene rings is 2. The molecular formula is C15H15Cl2FN2O. The van der Waals surface area contributed by atoms with E-state index in [0.29, 0.717) is 27.8 Å². The first-order valence-electron chi connectivity index (χ1n) is 6.28. The highest BCUT2D eigenvalue weighted by Gasteiger charge is 2.17. The largest absolute Gasteiger partial charge is 0.496 e. The van der Waals surface area contributed by atoms with Gasteiger partial charge < -0.3 is 4.74 Å². The first-order chi connectivity index (χ1) is 10.0. The van der Waals surface area contributed by atoms with Crippen LogP contribution in [0.3, 0.4) is 0 Å². The zero-order chi connectivity index (χ0) is 15.4. The summed E-state index contributed by atoms with van der Waals surface area (Å²) in [6.07, 6.45) is 0.521. The van der Waals surface area contributed by atoms with Crippen LogP contribution >= 0.6 is 23.2 Å². The second kappa shape index (κ2) is 7.09. The van der Waals surface area contributed by atoms with Gasteiger partial charge in [0, 0.05) is 5.56 Å². The SMILES string of the molecule is COc1ccc(F)cc1C(Cc1ccc(Cl)c(Cl)c1)NN. The second-order valence-corrected chi connectivity index (χ2v) is 5.37. The molecule has 0 fully saturated rings. The van der Waals surface area contributed by atoms with Gasteiger partial charge in [-0.15, -0.1) is 0 Å². The molecule has 0 amide bonds. The van der Waals surface area contributed by atoms with Crippen LogP contribution in [0.25, 0.3) is 0 Å². The highest BCUT2D eigenvalue weighted by Crippen LogP contribution is 2.30. The molecule has 0 aliphatic carbocycles. The van der Waals surface area contributed by atoms with Crippen molar-refractivity contribution in [3.63, 3.8) is 0 Å². The molecule has 2 rings (SSSR count). The predicted octanol–water partition coefficient (Wildman–Crippen LogP) is 3.89. The maximum absolute atomic E-state index is 13.5. The monoisotopic (exact) mass is 328 g/mol. The topological polar surface area (TPSA) is 47.3 Å². The van der Waals surface area contributed by atoms with E-state index in [-0.39, 0.29) is 11.9 Å². The van der Waals surface area contributed by atoms with Gasteiger partial charge in [0.2, 0.25) is 0 Å². The highest BCUT2D eigenvalue weighted by atomic mass is 35.5. The molecule has 2 aromatic rings. The molecule has 3 N–H and O–H groups in total. The summed E-state index contributed by atoms with van der Waals surface area (Å²) in [6.45, 7) is 0. The number of hydrazine groups is 1. The van der Waals surface area contributed by atoms with Crippen LogP contribution in [-0.2, 0) is 6.42 Å². The molecular weight excluding hydrogens is 314 g/mol. The van der Waals surface area contributed by atoms with Crippen LogP contribution in [0.5, 0.6) is 5.75 Å². The Kier molecular flexibility index (Phi) is 5.42. The molecule has 0 aliphatic heterocycles. The standard InChI is InChI=1S/C15H15Cl2FN2O/c1-21-15-5-3-10(18)8-11(15)14(20-19)7-9-2-4-12(16)13(17)6-9/h2-6,8,14,20H,7,19H2,1H3. The Morgan fingerprint density at radius 3 is 2.57 bits per heavy atom. The molecule has 1 unspecified atom stereocenters.